The zero-order valence-electron chi connectivity index (χ0n) is 16.7. The maximum atomic E-state index is 14.1. The number of ether oxygens (including phenoxy) is 1. The Labute approximate surface area is 187 Å². The molecule has 2 aliphatic heterocycles. The molecule has 1 N–H and O–H groups in total. The predicted octanol–water partition coefficient (Wildman–Crippen LogP) is 3.93. The zero-order chi connectivity index (χ0) is 19.9. The van der Waals surface area contributed by atoms with Crippen LogP contribution in [0.2, 0.25) is 0 Å². The number of alkyl halides is 2. The first-order valence-electron chi connectivity index (χ1n) is 9.97. The molecule has 1 aromatic carbocycles. The highest BCUT2D eigenvalue weighted by atomic mass is 127. The van der Waals surface area contributed by atoms with Gasteiger partial charge in [-0.25, -0.2) is 4.39 Å². The average molecular weight is 526 g/mol. The molecule has 9 heteroatoms. The quantitative estimate of drug-likeness (QED) is 0.347. The summed E-state index contributed by atoms with van der Waals surface area (Å²) in [6, 6.07) is 3.94. The molecule has 0 spiro atoms. The van der Waals surface area contributed by atoms with Gasteiger partial charge in [0.2, 0.25) is 0 Å². The highest BCUT2D eigenvalue weighted by Gasteiger charge is 2.27. The molecule has 1 unspecified atom stereocenters. The molecule has 0 saturated carbocycles. The number of aliphatic imine (C=N–C) groups is 1. The SMILES string of the molecule is CN=C(NCc1c(F)cccc1OC(F)F)N1CCC(CN2CCCCC2)C1.I. The van der Waals surface area contributed by atoms with Gasteiger partial charge in [-0.2, -0.15) is 8.78 Å². The topological polar surface area (TPSA) is 40.1 Å². The lowest BCUT2D eigenvalue weighted by Crippen LogP contribution is -2.41. The molecular formula is C20H30F3IN4O. The molecule has 2 aliphatic rings. The van der Waals surface area contributed by atoms with Crippen molar-refractivity contribution < 1.29 is 17.9 Å². The van der Waals surface area contributed by atoms with Crippen LogP contribution in [0.1, 0.15) is 31.2 Å². The number of rotatable bonds is 6. The first-order chi connectivity index (χ1) is 13.6. The van der Waals surface area contributed by atoms with Gasteiger partial charge in [-0.1, -0.05) is 12.5 Å². The molecule has 1 aromatic rings. The third-order valence-electron chi connectivity index (χ3n) is 5.48. The van der Waals surface area contributed by atoms with E-state index in [0.29, 0.717) is 11.9 Å². The van der Waals surface area contributed by atoms with Crippen molar-refractivity contribution in [1.29, 1.82) is 0 Å². The van der Waals surface area contributed by atoms with Crippen LogP contribution in [0, 0.1) is 11.7 Å². The lowest BCUT2D eigenvalue weighted by atomic mass is 10.1. The van der Waals surface area contributed by atoms with Crippen LogP contribution in [0.4, 0.5) is 13.2 Å². The number of hydrogen-bond donors (Lipinski definition) is 1. The monoisotopic (exact) mass is 526 g/mol. The van der Waals surface area contributed by atoms with Gasteiger partial charge in [0, 0.05) is 38.8 Å². The molecule has 0 aromatic heterocycles. The Balaban J connectivity index is 0.00000300. The summed E-state index contributed by atoms with van der Waals surface area (Å²) in [5.74, 6) is 0.517. The van der Waals surface area contributed by atoms with Crippen LogP contribution in [0.3, 0.4) is 0 Å². The van der Waals surface area contributed by atoms with Gasteiger partial charge in [-0.15, -0.1) is 24.0 Å². The summed E-state index contributed by atoms with van der Waals surface area (Å²) in [4.78, 5) is 8.99. The van der Waals surface area contributed by atoms with E-state index < -0.39 is 12.4 Å². The number of guanidine groups is 1. The molecule has 2 saturated heterocycles. The van der Waals surface area contributed by atoms with Crippen LogP contribution in [-0.2, 0) is 6.54 Å². The largest absolute Gasteiger partial charge is 0.434 e. The highest BCUT2D eigenvalue weighted by molar-refractivity contribution is 14.0. The second-order valence-electron chi connectivity index (χ2n) is 7.46. The molecule has 5 nitrogen and oxygen atoms in total. The third-order valence-corrected chi connectivity index (χ3v) is 5.48. The van der Waals surface area contributed by atoms with E-state index in [4.69, 9.17) is 0 Å². The van der Waals surface area contributed by atoms with E-state index in [-0.39, 0.29) is 41.8 Å². The van der Waals surface area contributed by atoms with Gasteiger partial charge in [0.05, 0.1) is 0 Å². The number of likely N-dealkylation sites (tertiary alicyclic amines) is 2. The van der Waals surface area contributed by atoms with E-state index in [9.17, 15) is 13.2 Å². The van der Waals surface area contributed by atoms with E-state index in [0.717, 1.165) is 26.1 Å². The van der Waals surface area contributed by atoms with Crippen molar-refractivity contribution in [2.75, 3.05) is 39.8 Å². The minimum Gasteiger partial charge on any atom is -0.434 e. The van der Waals surface area contributed by atoms with Gasteiger partial charge in [-0.3, -0.25) is 4.99 Å². The van der Waals surface area contributed by atoms with Crippen molar-refractivity contribution in [2.24, 2.45) is 10.9 Å². The zero-order valence-corrected chi connectivity index (χ0v) is 19.1. The number of benzene rings is 1. The maximum Gasteiger partial charge on any atom is 0.387 e. The Morgan fingerprint density at radius 1 is 1.24 bits per heavy atom. The smallest absolute Gasteiger partial charge is 0.387 e. The highest BCUT2D eigenvalue weighted by Crippen LogP contribution is 2.24. The Kier molecular flexibility index (Phi) is 9.81. The van der Waals surface area contributed by atoms with Gasteiger partial charge in [-0.05, 0) is 50.4 Å². The lowest BCUT2D eigenvalue weighted by molar-refractivity contribution is -0.0506. The van der Waals surface area contributed by atoms with Crippen LogP contribution in [0.15, 0.2) is 23.2 Å². The minimum atomic E-state index is -2.99. The van der Waals surface area contributed by atoms with E-state index in [2.05, 4.69) is 24.8 Å². The predicted molar refractivity (Wildman–Crippen MR) is 119 cm³/mol. The fourth-order valence-corrected chi connectivity index (χ4v) is 4.10. The van der Waals surface area contributed by atoms with E-state index in [1.807, 2.05) is 0 Å². The van der Waals surface area contributed by atoms with Crippen molar-refractivity contribution in [1.82, 2.24) is 15.1 Å². The van der Waals surface area contributed by atoms with E-state index in [1.165, 1.54) is 50.6 Å². The van der Waals surface area contributed by atoms with Gasteiger partial charge in [0.25, 0.3) is 0 Å². The normalized spacial score (nSPS) is 20.7. The standard InChI is InChI=1S/C20H29F3N4O.HI/c1-24-20(25-12-16-17(21)6-5-7-18(16)28-19(22)23)27-11-8-15(14-27)13-26-9-3-2-4-10-26;/h5-7,15,19H,2-4,8-14H2,1H3,(H,24,25);1H. The summed E-state index contributed by atoms with van der Waals surface area (Å²) in [6.45, 7) is 2.30. The number of piperidine rings is 1. The molecule has 2 heterocycles. The summed E-state index contributed by atoms with van der Waals surface area (Å²) in [5, 5.41) is 3.10. The summed E-state index contributed by atoms with van der Waals surface area (Å²) in [7, 11) is 1.68. The van der Waals surface area contributed by atoms with Crippen LogP contribution in [0.5, 0.6) is 5.75 Å². The van der Waals surface area contributed by atoms with Crippen LogP contribution >= 0.6 is 24.0 Å². The lowest BCUT2D eigenvalue weighted by Gasteiger charge is -2.29. The molecule has 3 rings (SSSR count). The minimum absolute atomic E-state index is 0. The summed E-state index contributed by atoms with van der Waals surface area (Å²) in [6.07, 6.45) is 4.99. The fourth-order valence-electron chi connectivity index (χ4n) is 4.10. The Hall–Kier alpha value is -1.23. The number of nitrogens with zero attached hydrogens (tertiary/aromatic N) is 3. The number of halogens is 4. The van der Waals surface area contributed by atoms with Crippen molar-refractivity contribution in [3.05, 3.63) is 29.6 Å². The number of hydrogen-bond acceptors (Lipinski definition) is 3. The van der Waals surface area contributed by atoms with Crippen molar-refractivity contribution in [2.45, 2.75) is 38.8 Å². The van der Waals surface area contributed by atoms with Gasteiger partial charge in [0.1, 0.15) is 11.6 Å². The maximum absolute atomic E-state index is 14.1. The Bertz CT molecular complexity index is 671. The molecule has 164 valence electrons. The van der Waals surface area contributed by atoms with Gasteiger partial charge >= 0.3 is 6.61 Å². The first-order valence-corrected chi connectivity index (χ1v) is 9.97. The molecule has 0 aliphatic carbocycles. The third kappa shape index (κ3) is 6.91. The molecule has 29 heavy (non-hydrogen) atoms. The molecule has 0 amide bonds. The molecule has 0 radical (unpaired) electrons. The summed E-state index contributed by atoms with van der Waals surface area (Å²) >= 11 is 0. The van der Waals surface area contributed by atoms with Gasteiger partial charge < -0.3 is 19.9 Å². The molecular weight excluding hydrogens is 496 g/mol. The molecule has 0 bridgehead atoms. The van der Waals surface area contributed by atoms with E-state index in [1.54, 1.807) is 7.05 Å². The summed E-state index contributed by atoms with van der Waals surface area (Å²) in [5.41, 5.74) is 0.0769. The Morgan fingerprint density at radius 2 is 2.00 bits per heavy atom. The Morgan fingerprint density at radius 3 is 2.69 bits per heavy atom. The average Bonchev–Trinajstić information content (AvgIpc) is 3.13. The van der Waals surface area contributed by atoms with Crippen molar-refractivity contribution >= 4 is 29.9 Å². The summed E-state index contributed by atoms with van der Waals surface area (Å²) < 4.78 is 43.7. The second-order valence-corrected chi connectivity index (χ2v) is 7.46. The van der Waals surface area contributed by atoms with Crippen LogP contribution in [-0.4, -0.2) is 62.1 Å². The van der Waals surface area contributed by atoms with Crippen LogP contribution in [0.25, 0.3) is 0 Å². The fraction of sp³-hybridized carbons (Fsp3) is 0.650. The van der Waals surface area contributed by atoms with Crippen molar-refractivity contribution in [3.8, 4) is 5.75 Å². The molecule has 1 atom stereocenters. The molecule has 2 fully saturated rings. The second kappa shape index (κ2) is 11.8. The first kappa shape index (κ1) is 24.0. The van der Waals surface area contributed by atoms with Crippen LogP contribution < -0.4 is 10.1 Å². The number of nitrogens with one attached hydrogen (secondary N) is 1. The van der Waals surface area contributed by atoms with Gasteiger partial charge in [0.15, 0.2) is 5.96 Å². The van der Waals surface area contributed by atoms with E-state index >= 15 is 0 Å². The van der Waals surface area contributed by atoms with Crippen molar-refractivity contribution in [3.63, 3.8) is 0 Å².